The highest BCUT2D eigenvalue weighted by molar-refractivity contribution is 6.03. The van der Waals surface area contributed by atoms with Gasteiger partial charge in [-0.15, -0.1) is 0 Å². The molecule has 0 aliphatic carbocycles. The maximum atomic E-state index is 12.8. The molecule has 11 heteroatoms. The maximum absolute atomic E-state index is 12.8. The minimum absolute atomic E-state index is 0.165. The van der Waals surface area contributed by atoms with Gasteiger partial charge in [-0.3, -0.25) is 4.79 Å². The Balaban J connectivity index is 1.72. The van der Waals surface area contributed by atoms with Crippen LogP contribution in [0.4, 0.5) is 0 Å². The standard InChI is InChI=1S/C21H22O11/c22-6-14-17(27)19(29)20(30)21(32-14)16-11(26)5-13-15(18(16)28)10(25)4-12(31-13)7-1-2-8(23)9(24)3-7/h1-3,5,12,14,17,19-24,26-30H,4,6H2/t12-,14?,17-,19+,20?,21+/m1/s1. The lowest BCUT2D eigenvalue weighted by molar-refractivity contribution is -0.232. The van der Waals surface area contributed by atoms with E-state index in [0.29, 0.717) is 5.56 Å². The number of phenolic OH excluding ortho intramolecular Hbond substituents is 4. The zero-order chi connectivity index (χ0) is 23.3. The van der Waals surface area contributed by atoms with Gasteiger partial charge in [0, 0.05) is 6.07 Å². The summed E-state index contributed by atoms with van der Waals surface area (Å²) < 4.78 is 11.1. The number of carbonyl (C=O) groups excluding carboxylic acids is 1. The fourth-order valence-electron chi connectivity index (χ4n) is 4.02. The first-order valence-corrected chi connectivity index (χ1v) is 9.75. The van der Waals surface area contributed by atoms with Gasteiger partial charge in [0.15, 0.2) is 17.3 Å². The van der Waals surface area contributed by atoms with E-state index in [1.807, 2.05) is 0 Å². The van der Waals surface area contributed by atoms with Crippen molar-refractivity contribution in [3.8, 4) is 28.7 Å². The minimum atomic E-state index is -1.78. The Morgan fingerprint density at radius 1 is 0.906 bits per heavy atom. The van der Waals surface area contributed by atoms with Gasteiger partial charge in [0.25, 0.3) is 0 Å². The van der Waals surface area contributed by atoms with Gasteiger partial charge in [0.1, 0.15) is 59.4 Å². The average molecular weight is 450 g/mol. The Morgan fingerprint density at radius 2 is 1.62 bits per heavy atom. The topological polar surface area (TPSA) is 197 Å². The van der Waals surface area contributed by atoms with Crippen molar-refractivity contribution in [2.24, 2.45) is 0 Å². The lowest BCUT2D eigenvalue weighted by Gasteiger charge is -2.40. The van der Waals surface area contributed by atoms with E-state index >= 15 is 0 Å². The van der Waals surface area contributed by atoms with Crippen LogP contribution in [0.15, 0.2) is 24.3 Å². The number of aliphatic hydroxyl groups excluding tert-OH is 4. The zero-order valence-corrected chi connectivity index (χ0v) is 16.5. The van der Waals surface area contributed by atoms with E-state index in [4.69, 9.17) is 9.47 Å². The summed E-state index contributed by atoms with van der Waals surface area (Å²) in [6.07, 6.45) is -9.14. The van der Waals surface area contributed by atoms with E-state index in [1.165, 1.54) is 18.2 Å². The Labute approximate surface area is 181 Å². The second-order valence-electron chi connectivity index (χ2n) is 7.76. The number of phenols is 4. The molecule has 2 aliphatic rings. The first kappa shape index (κ1) is 22.1. The average Bonchev–Trinajstić information content (AvgIpc) is 2.74. The van der Waals surface area contributed by atoms with Gasteiger partial charge in [-0.2, -0.15) is 0 Å². The number of Topliss-reactive ketones (excluding diaryl/α,β-unsaturated/α-hetero) is 1. The van der Waals surface area contributed by atoms with Crippen LogP contribution in [0.1, 0.15) is 40.1 Å². The first-order chi connectivity index (χ1) is 15.1. The van der Waals surface area contributed by atoms with Crippen molar-refractivity contribution in [3.05, 3.63) is 41.0 Å². The highest BCUT2D eigenvalue weighted by Crippen LogP contribution is 2.49. The van der Waals surface area contributed by atoms with E-state index in [9.17, 15) is 45.6 Å². The predicted octanol–water partition coefficient (Wildman–Crippen LogP) is -0.270. The summed E-state index contributed by atoms with van der Waals surface area (Å²) >= 11 is 0. The number of aromatic hydroxyl groups is 4. The lowest BCUT2D eigenvalue weighted by atomic mass is 9.87. The van der Waals surface area contributed by atoms with Gasteiger partial charge in [0.05, 0.1) is 18.6 Å². The van der Waals surface area contributed by atoms with Crippen LogP contribution in [0.25, 0.3) is 0 Å². The number of hydrogen-bond acceptors (Lipinski definition) is 11. The number of ether oxygens (including phenoxy) is 2. The van der Waals surface area contributed by atoms with E-state index in [0.717, 1.165) is 6.07 Å². The Kier molecular flexibility index (Phi) is 5.61. The predicted molar refractivity (Wildman–Crippen MR) is 105 cm³/mol. The van der Waals surface area contributed by atoms with Crippen molar-refractivity contribution in [3.63, 3.8) is 0 Å². The minimum Gasteiger partial charge on any atom is -0.507 e. The number of fused-ring (bicyclic) bond motifs is 1. The van der Waals surface area contributed by atoms with Gasteiger partial charge in [-0.25, -0.2) is 0 Å². The SMILES string of the molecule is O=C1C[C@H](c2ccc(O)c(O)c2)Oc2cc(O)c([C@@H]3OC(CO)[C@@H](O)[C@H](O)C3O)c(O)c21. The molecule has 8 N–H and O–H groups in total. The molecule has 6 atom stereocenters. The summed E-state index contributed by atoms with van der Waals surface area (Å²) in [7, 11) is 0. The van der Waals surface area contributed by atoms with Crippen molar-refractivity contribution < 1.29 is 55.1 Å². The molecular formula is C21H22O11. The molecule has 2 heterocycles. The molecule has 32 heavy (non-hydrogen) atoms. The molecule has 1 saturated heterocycles. The summed E-state index contributed by atoms with van der Waals surface area (Å²) in [6.45, 7) is -0.711. The van der Waals surface area contributed by atoms with E-state index in [2.05, 4.69) is 0 Å². The molecule has 2 unspecified atom stereocenters. The van der Waals surface area contributed by atoms with Crippen molar-refractivity contribution in [2.75, 3.05) is 6.61 Å². The molecule has 2 aliphatic heterocycles. The second kappa shape index (κ2) is 8.11. The summed E-state index contributed by atoms with van der Waals surface area (Å²) in [6, 6.07) is 4.93. The molecule has 11 nitrogen and oxygen atoms in total. The van der Waals surface area contributed by atoms with Gasteiger partial charge in [0.2, 0.25) is 0 Å². The molecular weight excluding hydrogens is 428 g/mol. The molecule has 0 aromatic heterocycles. The molecule has 0 spiro atoms. The molecule has 2 aromatic rings. The summed E-state index contributed by atoms with van der Waals surface area (Å²) in [5.74, 6) is -2.85. The van der Waals surface area contributed by atoms with Crippen LogP contribution in [-0.2, 0) is 4.74 Å². The normalized spacial score (nSPS) is 29.9. The van der Waals surface area contributed by atoms with Crippen molar-refractivity contribution in [1.82, 2.24) is 0 Å². The molecule has 0 radical (unpaired) electrons. The number of aliphatic hydroxyl groups is 4. The number of carbonyl (C=O) groups is 1. The number of benzene rings is 2. The highest BCUT2D eigenvalue weighted by atomic mass is 16.5. The summed E-state index contributed by atoms with van der Waals surface area (Å²) in [5.41, 5.74) is -0.316. The van der Waals surface area contributed by atoms with Crippen molar-refractivity contribution in [2.45, 2.75) is 43.0 Å². The highest BCUT2D eigenvalue weighted by Gasteiger charge is 2.47. The van der Waals surface area contributed by atoms with Gasteiger partial charge in [-0.1, -0.05) is 6.07 Å². The largest absolute Gasteiger partial charge is 0.507 e. The molecule has 0 bridgehead atoms. The Morgan fingerprint density at radius 3 is 2.28 bits per heavy atom. The van der Waals surface area contributed by atoms with Gasteiger partial charge >= 0.3 is 0 Å². The number of ketones is 1. The number of hydrogen-bond donors (Lipinski definition) is 8. The zero-order valence-electron chi connectivity index (χ0n) is 16.5. The quantitative estimate of drug-likeness (QED) is 0.287. The van der Waals surface area contributed by atoms with Gasteiger partial charge < -0.3 is 50.3 Å². The molecule has 0 saturated carbocycles. The summed E-state index contributed by atoms with van der Waals surface area (Å²) in [4.78, 5) is 12.8. The Hall–Kier alpha value is -3.09. The van der Waals surface area contributed by atoms with Crippen LogP contribution in [-0.4, -0.2) is 77.7 Å². The fourth-order valence-corrected chi connectivity index (χ4v) is 4.02. The van der Waals surface area contributed by atoms with Crippen LogP contribution in [0, 0.1) is 0 Å². The maximum Gasteiger partial charge on any atom is 0.174 e. The van der Waals surface area contributed by atoms with Crippen LogP contribution in [0.3, 0.4) is 0 Å². The number of rotatable bonds is 3. The third-order valence-corrected chi connectivity index (χ3v) is 5.75. The van der Waals surface area contributed by atoms with Gasteiger partial charge in [-0.05, 0) is 17.7 Å². The molecule has 1 fully saturated rings. The third kappa shape index (κ3) is 3.49. The molecule has 0 amide bonds. The molecule has 4 rings (SSSR count). The second-order valence-corrected chi connectivity index (χ2v) is 7.76. The smallest absolute Gasteiger partial charge is 0.174 e. The van der Waals surface area contributed by atoms with E-state index < -0.39 is 71.8 Å². The van der Waals surface area contributed by atoms with Crippen LogP contribution in [0.5, 0.6) is 28.7 Å². The molecule has 2 aromatic carbocycles. The van der Waals surface area contributed by atoms with Crippen molar-refractivity contribution >= 4 is 5.78 Å². The van der Waals surface area contributed by atoms with E-state index in [1.54, 1.807) is 0 Å². The molecule has 172 valence electrons. The summed E-state index contributed by atoms with van der Waals surface area (Å²) in [5, 5.41) is 80.1. The van der Waals surface area contributed by atoms with E-state index in [-0.39, 0.29) is 23.5 Å². The van der Waals surface area contributed by atoms with Crippen LogP contribution in [0.2, 0.25) is 0 Å². The first-order valence-electron chi connectivity index (χ1n) is 9.75. The van der Waals surface area contributed by atoms with Crippen LogP contribution >= 0.6 is 0 Å². The van der Waals surface area contributed by atoms with Crippen molar-refractivity contribution in [1.29, 1.82) is 0 Å². The fraction of sp³-hybridized carbons (Fsp3) is 0.381. The third-order valence-electron chi connectivity index (χ3n) is 5.75. The monoisotopic (exact) mass is 450 g/mol. The Bertz CT molecular complexity index is 1050. The lowest BCUT2D eigenvalue weighted by Crippen LogP contribution is -2.55. The van der Waals surface area contributed by atoms with Crippen LogP contribution < -0.4 is 4.74 Å².